The number of allylic oxidation sites excluding steroid dienone is 2. The molecule has 2 unspecified atom stereocenters. The van der Waals surface area contributed by atoms with Crippen LogP contribution in [-0.2, 0) is 0 Å². The Bertz CT molecular complexity index is 351. The standard InChI is InChI=1S/C12H14S/c1-7(2)12-8-3-4-9(12)11-6-13-5-10(8)11/h5-6,8-9H,3-4H2,1-2H3. The Hall–Kier alpha value is -0.560. The summed E-state index contributed by atoms with van der Waals surface area (Å²) in [7, 11) is 0. The lowest BCUT2D eigenvalue weighted by Gasteiger charge is -2.07. The molecule has 0 aliphatic heterocycles. The molecule has 0 amide bonds. The van der Waals surface area contributed by atoms with Crippen LogP contribution in [0.4, 0.5) is 0 Å². The van der Waals surface area contributed by atoms with Crippen LogP contribution in [0.3, 0.4) is 0 Å². The summed E-state index contributed by atoms with van der Waals surface area (Å²) < 4.78 is 0. The van der Waals surface area contributed by atoms with E-state index in [0.717, 1.165) is 11.8 Å². The summed E-state index contributed by atoms with van der Waals surface area (Å²) in [6.45, 7) is 4.55. The van der Waals surface area contributed by atoms with Gasteiger partial charge in [0.2, 0.25) is 0 Å². The van der Waals surface area contributed by atoms with Crippen molar-refractivity contribution in [3.05, 3.63) is 33.0 Å². The molecule has 2 aliphatic carbocycles. The first-order valence-corrected chi connectivity index (χ1v) is 5.96. The number of hydrogen-bond donors (Lipinski definition) is 0. The van der Waals surface area contributed by atoms with E-state index in [-0.39, 0.29) is 0 Å². The van der Waals surface area contributed by atoms with Gasteiger partial charge in [-0.15, -0.1) is 0 Å². The van der Waals surface area contributed by atoms with Gasteiger partial charge in [-0.25, -0.2) is 0 Å². The molecule has 1 heteroatoms. The predicted molar refractivity (Wildman–Crippen MR) is 57.4 cm³/mol. The first-order chi connectivity index (χ1) is 6.29. The van der Waals surface area contributed by atoms with Gasteiger partial charge in [0.1, 0.15) is 0 Å². The Balaban J connectivity index is 2.22. The fraction of sp³-hybridized carbons (Fsp3) is 0.500. The second-order valence-electron chi connectivity index (χ2n) is 4.42. The van der Waals surface area contributed by atoms with Gasteiger partial charge in [0.05, 0.1) is 0 Å². The van der Waals surface area contributed by atoms with Crippen molar-refractivity contribution >= 4 is 11.3 Å². The van der Waals surface area contributed by atoms with E-state index < -0.39 is 0 Å². The average molecular weight is 190 g/mol. The molecule has 2 atom stereocenters. The Morgan fingerprint density at radius 1 is 1.15 bits per heavy atom. The van der Waals surface area contributed by atoms with Crippen LogP contribution in [-0.4, -0.2) is 0 Å². The van der Waals surface area contributed by atoms with Crippen molar-refractivity contribution in [3.8, 4) is 0 Å². The predicted octanol–water partition coefficient (Wildman–Crippen LogP) is 4.06. The summed E-state index contributed by atoms with van der Waals surface area (Å²) in [5, 5.41) is 4.73. The molecule has 1 aromatic heterocycles. The molecule has 0 radical (unpaired) electrons. The molecule has 13 heavy (non-hydrogen) atoms. The summed E-state index contributed by atoms with van der Waals surface area (Å²) in [5.41, 5.74) is 6.61. The molecule has 0 saturated heterocycles. The third kappa shape index (κ3) is 0.859. The third-order valence-electron chi connectivity index (χ3n) is 3.55. The highest BCUT2D eigenvalue weighted by Gasteiger charge is 2.42. The first kappa shape index (κ1) is 7.81. The summed E-state index contributed by atoms with van der Waals surface area (Å²) in [4.78, 5) is 0. The molecule has 1 saturated carbocycles. The van der Waals surface area contributed by atoms with Crippen molar-refractivity contribution < 1.29 is 0 Å². The molecule has 1 fully saturated rings. The molecule has 3 rings (SSSR count). The highest BCUT2D eigenvalue weighted by atomic mass is 32.1. The summed E-state index contributed by atoms with van der Waals surface area (Å²) in [6.07, 6.45) is 2.80. The van der Waals surface area contributed by atoms with E-state index in [1.165, 1.54) is 12.8 Å². The maximum Gasteiger partial charge on any atom is 0.00682 e. The lowest BCUT2D eigenvalue weighted by molar-refractivity contribution is 0.722. The number of thiophene rings is 1. The maximum absolute atomic E-state index is 2.36. The van der Waals surface area contributed by atoms with Crippen LogP contribution < -0.4 is 0 Å². The molecule has 68 valence electrons. The van der Waals surface area contributed by atoms with Crippen molar-refractivity contribution in [1.29, 1.82) is 0 Å². The van der Waals surface area contributed by atoms with Gasteiger partial charge in [-0.05, 0) is 48.6 Å². The van der Waals surface area contributed by atoms with E-state index in [0.29, 0.717) is 0 Å². The van der Waals surface area contributed by atoms with E-state index in [1.807, 2.05) is 11.3 Å². The van der Waals surface area contributed by atoms with Crippen LogP contribution in [0, 0.1) is 0 Å². The van der Waals surface area contributed by atoms with Crippen molar-refractivity contribution in [2.45, 2.75) is 38.5 Å². The van der Waals surface area contributed by atoms with Gasteiger partial charge in [-0.3, -0.25) is 0 Å². The number of fused-ring (bicyclic) bond motifs is 5. The minimum Gasteiger partial charge on any atom is -0.152 e. The topological polar surface area (TPSA) is 0 Å². The summed E-state index contributed by atoms with van der Waals surface area (Å²) in [5.74, 6) is 1.60. The largest absolute Gasteiger partial charge is 0.152 e. The maximum atomic E-state index is 2.36. The van der Waals surface area contributed by atoms with E-state index in [1.54, 1.807) is 22.3 Å². The molecule has 2 bridgehead atoms. The Morgan fingerprint density at radius 2 is 1.69 bits per heavy atom. The normalized spacial score (nSPS) is 29.5. The molecule has 0 N–H and O–H groups in total. The Kier molecular flexibility index (Phi) is 1.49. The van der Waals surface area contributed by atoms with E-state index >= 15 is 0 Å². The summed E-state index contributed by atoms with van der Waals surface area (Å²) in [6, 6.07) is 0. The van der Waals surface area contributed by atoms with Crippen LogP contribution in [0.1, 0.15) is 49.7 Å². The number of hydrogen-bond acceptors (Lipinski definition) is 1. The molecule has 1 aromatic rings. The van der Waals surface area contributed by atoms with Crippen LogP contribution in [0.5, 0.6) is 0 Å². The molecule has 1 heterocycles. The van der Waals surface area contributed by atoms with E-state index in [4.69, 9.17) is 0 Å². The zero-order valence-corrected chi connectivity index (χ0v) is 8.95. The molecule has 2 aliphatic rings. The Morgan fingerprint density at radius 3 is 2.15 bits per heavy atom. The second-order valence-corrected chi connectivity index (χ2v) is 5.16. The first-order valence-electron chi connectivity index (χ1n) is 5.02. The van der Waals surface area contributed by atoms with Crippen LogP contribution in [0.15, 0.2) is 21.9 Å². The van der Waals surface area contributed by atoms with Gasteiger partial charge >= 0.3 is 0 Å². The minimum absolute atomic E-state index is 0.802. The van der Waals surface area contributed by atoms with Crippen molar-refractivity contribution in [2.24, 2.45) is 0 Å². The van der Waals surface area contributed by atoms with Crippen LogP contribution in [0.25, 0.3) is 0 Å². The highest BCUT2D eigenvalue weighted by Crippen LogP contribution is 2.58. The van der Waals surface area contributed by atoms with Crippen molar-refractivity contribution in [1.82, 2.24) is 0 Å². The Labute approximate surface area is 83.3 Å². The lowest BCUT2D eigenvalue weighted by atomic mass is 9.96. The summed E-state index contributed by atoms with van der Waals surface area (Å²) >= 11 is 1.88. The number of rotatable bonds is 0. The fourth-order valence-corrected chi connectivity index (χ4v) is 4.08. The van der Waals surface area contributed by atoms with Crippen molar-refractivity contribution in [2.75, 3.05) is 0 Å². The van der Waals surface area contributed by atoms with Crippen molar-refractivity contribution in [3.63, 3.8) is 0 Å². The van der Waals surface area contributed by atoms with Gasteiger partial charge < -0.3 is 0 Å². The molecular weight excluding hydrogens is 176 g/mol. The van der Waals surface area contributed by atoms with Gasteiger partial charge in [0.25, 0.3) is 0 Å². The van der Waals surface area contributed by atoms with E-state index in [2.05, 4.69) is 24.6 Å². The molecule has 0 spiro atoms. The van der Waals surface area contributed by atoms with Gasteiger partial charge in [-0.1, -0.05) is 11.1 Å². The zero-order chi connectivity index (χ0) is 9.00. The SMILES string of the molecule is CC(C)=C1C2CCC1c1cscc12. The third-order valence-corrected chi connectivity index (χ3v) is 4.33. The molecule has 0 aromatic carbocycles. The quantitative estimate of drug-likeness (QED) is 0.541. The second kappa shape index (κ2) is 2.48. The van der Waals surface area contributed by atoms with Crippen LogP contribution >= 0.6 is 11.3 Å². The fourth-order valence-electron chi connectivity index (χ4n) is 3.11. The van der Waals surface area contributed by atoms with Crippen LogP contribution in [0.2, 0.25) is 0 Å². The van der Waals surface area contributed by atoms with E-state index in [9.17, 15) is 0 Å². The van der Waals surface area contributed by atoms with Gasteiger partial charge in [0, 0.05) is 11.8 Å². The zero-order valence-electron chi connectivity index (χ0n) is 8.13. The van der Waals surface area contributed by atoms with Gasteiger partial charge in [0.15, 0.2) is 0 Å². The van der Waals surface area contributed by atoms with Gasteiger partial charge in [-0.2, -0.15) is 11.3 Å². The monoisotopic (exact) mass is 190 g/mol. The average Bonchev–Trinajstić information content (AvgIpc) is 2.75. The minimum atomic E-state index is 0.802. The smallest absolute Gasteiger partial charge is 0.00682 e. The molecular formula is C12H14S. The molecule has 0 nitrogen and oxygen atoms in total. The highest BCUT2D eigenvalue weighted by molar-refractivity contribution is 7.08. The lowest BCUT2D eigenvalue weighted by Crippen LogP contribution is -1.92.